The monoisotopic (exact) mass is 403 g/mol. The summed E-state index contributed by atoms with van der Waals surface area (Å²) in [5, 5.41) is 5.90. The lowest BCUT2D eigenvalue weighted by molar-refractivity contribution is -0.118. The van der Waals surface area contributed by atoms with Crippen LogP contribution < -0.4 is 20.1 Å². The van der Waals surface area contributed by atoms with Gasteiger partial charge in [0.05, 0.1) is 12.8 Å². The number of rotatable bonds is 5. The molecule has 4 rings (SSSR count). The summed E-state index contributed by atoms with van der Waals surface area (Å²) >= 11 is 0. The van der Waals surface area contributed by atoms with E-state index < -0.39 is 10.0 Å². The number of ether oxygens (including phenoxy) is 2. The molecule has 1 saturated carbocycles. The number of sulfonamides is 1. The largest absolute Gasteiger partial charge is 0.495 e. The van der Waals surface area contributed by atoms with Crippen molar-refractivity contribution in [2.24, 2.45) is 0 Å². The molecule has 144 valence electrons. The minimum atomic E-state index is -3.74. The third-order valence-corrected chi connectivity index (χ3v) is 6.78. The molecule has 0 aromatic heterocycles. The summed E-state index contributed by atoms with van der Waals surface area (Å²) in [6.45, 7) is 1.35. The van der Waals surface area contributed by atoms with Crippen molar-refractivity contribution in [2.45, 2.75) is 36.2 Å². The Morgan fingerprint density at radius 3 is 2.62 bits per heavy atom. The predicted octanol–water partition coefficient (Wildman–Crippen LogP) is 0.963. The zero-order chi connectivity index (χ0) is 17.6. The van der Waals surface area contributed by atoms with Crippen LogP contribution in [-0.2, 0) is 14.8 Å². The number of nitrogens with zero attached hydrogens (tertiary/aromatic N) is 1. The number of nitrogens with one attached hydrogen (secondary N) is 2. The molecule has 1 amide bonds. The average molecular weight is 404 g/mol. The first-order valence-electron chi connectivity index (χ1n) is 8.39. The van der Waals surface area contributed by atoms with E-state index in [1.165, 1.54) is 19.2 Å². The highest BCUT2D eigenvalue weighted by Crippen LogP contribution is 2.42. The quantitative estimate of drug-likeness (QED) is 0.760. The van der Waals surface area contributed by atoms with Crippen LogP contribution in [0.4, 0.5) is 5.69 Å². The number of carbonyl (C=O) groups is 1. The predicted molar refractivity (Wildman–Crippen MR) is 97.7 cm³/mol. The third kappa shape index (κ3) is 3.36. The van der Waals surface area contributed by atoms with Crippen LogP contribution in [0.15, 0.2) is 17.0 Å². The first kappa shape index (κ1) is 19.2. The molecule has 1 aromatic carbocycles. The molecule has 8 nitrogen and oxygen atoms in total. The first-order valence-corrected chi connectivity index (χ1v) is 9.83. The number of benzene rings is 1. The zero-order valence-electron chi connectivity index (χ0n) is 14.4. The van der Waals surface area contributed by atoms with E-state index in [-0.39, 0.29) is 47.6 Å². The number of carbonyl (C=O) groups excluding carboxylic acids is 1. The highest BCUT2D eigenvalue weighted by atomic mass is 35.5. The van der Waals surface area contributed by atoms with Crippen LogP contribution in [0.1, 0.15) is 19.3 Å². The van der Waals surface area contributed by atoms with Gasteiger partial charge in [0.2, 0.25) is 10.0 Å². The molecule has 26 heavy (non-hydrogen) atoms. The van der Waals surface area contributed by atoms with Crippen molar-refractivity contribution in [3.63, 3.8) is 0 Å². The Bertz CT molecular complexity index is 806. The number of methoxy groups -OCH3 is 1. The minimum Gasteiger partial charge on any atom is -0.495 e. The van der Waals surface area contributed by atoms with Crippen LogP contribution in [0.25, 0.3) is 0 Å². The number of halogens is 1. The first-order chi connectivity index (χ1) is 12.0. The average Bonchev–Trinajstić information content (AvgIpc) is 3.26. The van der Waals surface area contributed by atoms with Crippen molar-refractivity contribution < 1.29 is 22.7 Å². The van der Waals surface area contributed by atoms with Crippen LogP contribution >= 0.6 is 12.4 Å². The van der Waals surface area contributed by atoms with Crippen molar-refractivity contribution in [1.29, 1.82) is 0 Å². The number of fused-ring (bicyclic) bond motifs is 1. The molecule has 2 heterocycles. The summed E-state index contributed by atoms with van der Waals surface area (Å²) in [5.74, 6) is 0.280. The highest BCUT2D eigenvalue weighted by molar-refractivity contribution is 7.89. The fourth-order valence-corrected chi connectivity index (χ4v) is 5.49. The smallest absolute Gasteiger partial charge is 0.262 e. The molecule has 1 atom stereocenters. The van der Waals surface area contributed by atoms with E-state index in [0.29, 0.717) is 18.0 Å². The van der Waals surface area contributed by atoms with Gasteiger partial charge in [0.25, 0.3) is 5.91 Å². The molecule has 1 unspecified atom stereocenters. The molecule has 3 aliphatic rings. The van der Waals surface area contributed by atoms with E-state index in [9.17, 15) is 13.2 Å². The standard InChI is InChI=1S/C16H21N3O5S.ClH/c1-23-14-6-12-13(24-9-16(20)18-12)7-15(14)25(21,22)19(10-2-3-10)11-4-5-17-8-11;/h6-7,10-11,17H,2-5,8-9H2,1H3,(H,18,20);1H. The van der Waals surface area contributed by atoms with Gasteiger partial charge in [-0.3, -0.25) is 4.79 Å². The molecule has 2 N–H and O–H groups in total. The Kier molecular flexibility index (Phi) is 5.34. The summed E-state index contributed by atoms with van der Waals surface area (Å²) in [6, 6.07) is 2.98. The van der Waals surface area contributed by atoms with E-state index in [2.05, 4.69) is 10.6 Å². The maximum Gasteiger partial charge on any atom is 0.262 e. The maximum absolute atomic E-state index is 13.4. The molecule has 1 aromatic rings. The fraction of sp³-hybridized carbons (Fsp3) is 0.562. The van der Waals surface area contributed by atoms with Gasteiger partial charge < -0.3 is 20.1 Å². The SMILES string of the molecule is COc1cc2c(cc1S(=O)(=O)N(C1CC1)C1CCNC1)OCC(=O)N2.Cl. The topological polar surface area (TPSA) is 97.0 Å². The molecule has 0 bridgehead atoms. The molecule has 10 heteroatoms. The Morgan fingerprint density at radius 1 is 1.23 bits per heavy atom. The van der Waals surface area contributed by atoms with Crippen LogP contribution in [0.2, 0.25) is 0 Å². The molecule has 1 aliphatic carbocycles. The minimum absolute atomic E-state index is 0. The van der Waals surface area contributed by atoms with Crippen LogP contribution in [0.3, 0.4) is 0 Å². The van der Waals surface area contributed by atoms with E-state index in [0.717, 1.165) is 25.8 Å². The second kappa shape index (κ2) is 7.22. The van der Waals surface area contributed by atoms with Gasteiger partial charge in [-0.2, -0.15) is 4.31 Å². The second-order valence-electron chi connectivity index (χ2n) is 6.55. The van der Waals surface area contributed by atoms with Crippen molar-refractivity contribution in [1.82, 2.24) is 9.62 Å². The van der Waals surface area contributed by atoms with Crippen LogP contribution in [0.5, 0.6) is 11.5 Å². The lowest BCUT2D eigenvalue weighted by Gasteiger charge is -2.29. The fourth-order valence-electron chi connectivity index (χ4n) is 3.44. The summed E-state index contributed by atoms with van der Waals surface area (Å²) in [6.07, 6.45) is 2.57. The Balaban J connectivity index is 0.00000196. The third-order valence-electron chi connectivity index (χ3n) is 4.76. The van der Waals surface area contributed by atoms with Gasteiger partial charge in [-0.15, -0.1) is 12.4 Å². The van der Waals surface area contributed by atoms with Gasteiger partial charge in [-0.1, -0.05) is 0 Å². The number of hydrogen-bond donors (Lipinski definition) is 2. The van der Waals surface area contributed by atoms with Gasteiger partial charge in [-0.25, -0.2) is 8.42 Å². The molecule has 1 saturated heterocycles. The highest BCUT2D eigenvalue weighted by Gasteiger charge is 2.44. The number of anilines is 1. The van der Waals surface area contributed by atoms with Gasteiger partial charge in [0.15, 0.2) is 6.61 Å². The van der Waals surface area contributed by atoms with E-state index in [4.69, 9.17) is 9.47 Å². The Morgan fingerprint density at radius 2 is 2.00 bits per heavy atom. The lowest BCUT2D eigenvalue weighted by atomic mass is 10.2. The number of hydrogen-bond acceptors (Lipinski definition) is 6. The van der Waals surface area contributed by atoms with E-state index in [1.54, 1.807) is 4.31 Å². The van der Waals surface area contributed by atoms with Crippen molar-refractivity contribution in [2.75, 3.05) is 32.1 Å². The zero-order valence-corrected chi connectivity index (χ0v) is 16.0. The summed E-state index contributed by atoms with van der Waals surface area (Å²) < 4.78 is 39.2. The summed E-state index contributed by atoms with van der Waals surface area (Å²) in [5.41, 5.74) is 0.424. The lowest BCUT2D eigenvalue weighted by Crippen LogP contribution is -2.43. The van der Waals surface area contributed by atoms with E-state index in [1.807, 2.05) is 0 Å². The molecule has 2 fully saturated rings. The second-order valence-corrected chi connectivity index (χ2v) is 8.36. The summed E-state index contributed by atoms with van der Waals surface area (Å²) in [7, 11) is -2.31. The Hall–Kier alpha value is -1.55. The Labute approximate surface area is 158 Å². The van der Waals surface area contributed by atoms with Gasteiger partial charge >= 0.3 is 0 Å². The van der Waals surface area contributed by atoms with Gasteiger partial charge in [0, 0.05) is 30.8 Å². The van der Waals surface area contributed by atoms with Crippen molar-refractivity contribution in [3.05, 3.63) is 12.1 Å². The van der Waals surface area contributed by atoms with Crippen LogP contribution in [-0.4, -0.2) is 57.5 Å². The van der Waals surface area contributed by atoms with Crippen LogP contribution in [0, 0.1) is 0 Å². The molecular formula is C16H22ClN3O5S. The number of amides is 1. The summed E-state index contributed by atoms with van der Waals surface area (Å²) in [4.78, 5) is 11.6. The molecule has 0 radical (unpaired) electrons. The van der Waals surface area contributed by atoms with Gasteiger partial charge in [0.1, 0.15) is 16.4 Å². The van der Waals surface area contributed by atoms with E-state index >= 15 is 0 Å². The van der Waals surface area contributed by atoms with Crippen molar-refractivity contribution in [3.8, 4) is 11.5 Å². The molecule has 0 spiro atoms. The maximum atomic E-state index is 13.4. The van der Waals surface area contributed by atoms with Gasteiger partial charge in [-0.05, 0) is 25.8 Å². The normalized spacial score (nSPS) is 22.2. The van der Waals surface area contributed by atoms with Crippen molar-refractivity contribution >= 4 is 34.0 Å². The molecule has 2 aliphatic heterocycles. The molecular weight excluding hydrogens is 382 g/mol.